The Bertz CT molecular complexity index is 140. The Morgan fingerprint density at radius 3 is 2.30 bits per heavy atom. The van der Waals surface area contributed by atoms with Crippen molar-refractivity contribution in [3.8, 4) is 0 Å². The summed E-state index contributed by atoms with van der Waals surface area (Å²) in [7, 11) is 0. The Hall–Kier alpha value is -0.0400. The SMILES string of the molecule is CC1(N)CCC2CCC2C1. The van der Waals surface area contributed by atoms with Crippen LogP contribution in [0, 0.1) is 11.8 Å². The van der Waals surface area contributed by atoms with Crippen LogP contribution in [0.5, 0.6) is 0 Å². The van der Waals surface area contributed by atoms with Gasteiger partial charge in [-0.25, -0.2) is 0 Å². The van der Waals surface area contributed by atoms with Crippen molar-refractivity contribution in [3.05, 3.63) is 0 Å². The van der Waals surface area contributed by atoms with Crippen molar-refractivity contribution in [1.82, 2.24) is 0 Å². The Morgan fingerprint density at radius 1 is 1.20 bits per heavy atom. The second-order valence-electron chi connectivity index (χ2n) is 4.49. The van der Waals surface area contributed by atoms with Gasteiger partial charge in [0.1, 0.15) is 0 Å². The highest BCUT2D eigenvalue weighted by atomic mass is 14.7. The fraction of sp³-hybridized carbons (Fsp3) is 1.00. The highest BCUT2D eigenvalue weighted by Crippen LogP contribution is 2.47. The lowest BCUT2D eigenvalue weighted by Gasteiger charge is -2.47. The minimum atomic E-state index is 0.182. The number of nitrogens with two attached hydrogens (primary N) is 1. The predicted octanol–water partition coefficient (Wildman–Crippen LogP) is 1.91. The third-order valence-electron chi connectivity index (χ3n) is 3.39. The first-order valence-corrected chi connectivity index (χ1v) is 4.46. The van der Waals surface area contributed by atoms with Crippen molar-refractivity contribution in [2.75, 3.05) is 0 Å². The van der Waals surface area contributed by atoms with E-state index in [9.17, 15) is 0 Å². The maximum absolute atomic E-state index is 6.06. The smallest absolute Gasteiger partial charge is 0.0128 e. The first-order chi connectivity index (χ1) is 4.67. The molecule has 3 atom stereocenters. The summed E-state index contributed by atoms with van der Waals surface area (Å²) in [5.74, 6) is 2.07. The largest absolute Gasteiger partial charge is 0.325 e. The summed E-state index contributed by atoms with van der Waals surface area (Å²) in [6.45, 7) is 2.21. The van der Waals surface area contributed by atoms with Gasteiger partial charge >= 0.3 is 0 Å². The molecule has 10 heavy (non-hydrogen) atoms. The van der Waals surface area contributed by atoms with Gasteiger partial charge in [-0.1, -0.05) is 0 Å². The van der Waals surface area contributed by atoms with E-state index >= 15 is 0 Å². The van der Waals surface area contributed by atoms with Crippen LogP contribution in [0.2, 0.25) is 0 Å². The number of hydrogen-bond donors (Lipinski definition) is 1. The molecule has 58 valence electrons. The van der Waals surface area contributed by atoms with Gasteiger partial charge in [0.05, 0.1) is 0 Å². The molecule has 1 heteroatoms. The minimum absolute atomic E-state index is 0.182. The molecule has 0 aromatic carbocycles. The molecule has 3 unspecified atom stereocenters. The lowest BCUT2D eigenvalue weighted by molar-refractivity contribution is 0.0713. The molecule has 2 fully saturated rings. The summed E-state index contributed by atoms with van der Waals surface area (Å²) in [4.78, 5) is 0. The second-order valence-corrected chi connectivity index (χ2v) is 4.49. The Balaban J connectivity index is 1.98. The van der Waals surface area contributed by atoms with Gasteiger partial charge in [-0.05, 0) is 50.9 Å². The van der Waals surface area contributed by atoms with Crippen LogP contribution in [0.1, 0.15) is 39.0 Å². The van der Waals surface area contributed by atoms with Crippen molar-refractivity contribution in [3.63, 3.8) is 0 Å². The van der Waals surface area contributed by atoms with E-state index in [0.29, 0.717) is 0 Å². The fourth-order valence-electron chi connectivity index (χ4n) is 2.50. The number of hydrogen-bond acceptors (Lipinski definition) is 1. The zero-order valence-electron chi connectivity index (χ0n) is 6.77. The summed E-state index contributed by atoms with van der Waals surface area (Å²) in [5, 5.41) is 0. The maximum atomic E-state index is 6.06. The zero-order valence-corrected chi connectivity index (χ0v) is 6.77. The van der Waals surface area contributed by atoms with Gasteiger partial charge in [0, 0.05) is 5.54 Å². The standard InChI is InChI=1S/C9H17N/c1-9(10)5-4-7-2-3-8(7)6-9/h7-8H,2-6,10H2,1H3. The van der Waals surface area contributed by atoms with E-state index in [1.807, 2.05) is 0 Å². The lowest BCUT2D eigenvalue weighted by Crippen LogP contribution is -2.47. The number of fused-ring (bicyclic) bond motifs is 1. The Morgan fingerprint density at radius 2 is 1.90 bits per heavy atom. The van der Waals surface area contributed by atoms with Crippen molar-refractivity contribution in [2.24, 2.45) is 17.6 Å². The van der Waals surface area contributed by atoms with E-state index < -0.39 is 0 Å². The van der Waals surface area contributed by atoms with Gasteiger partial charge in [0.2, 0.25) is 0 Å². The molecular weight excluding hydrogens is 122 g/mol. The molecule has 0 saturated heterocycles. The van der Waals surface area contributed by atoms with E-state index in [1.165, 1.54) is 32.1 Å². The average Bonchev–Trinajstić information content (AvgIpc) is 1.78. The van der Waals surface area contributed by atoms with Crippen molar-refractivity contribution in [2.45, 2.75) is 44.6 Å². The lowest BCUT2D eigenvalue weighted by atomic mass is 9.61. The van der Waals surface area contributed by atoms with Crippen LogP contribution in [0.4, 0.5) is 0 Å². The predicted molar refractivity (Wildman–Crippen MR) is 42.7 cm³/mol. The average molecular weight is 139 g/mol. The fourth-order valence-corrected chi connectivity index (χ4v) is 2.50. The molecule has 1 nitrogen and oxygen atoms in total. The van der Waals surface area contributed by atoms with Crippen LogP contribution in [0.25, 0.3) is 0 Å². The summed E-state index contributed by atoms with van der Waals surface area (Å²) in [6.07, 6.45) is 6.89. The molecule has 2 N–H and O–H groups in total. The molecule has 0 aromatic heterocycles. The normalized spacial score (nSPS) is 53.4. The molecule has 0 heterocycles. The van der Waals surface area contributed by atoms with Crippen LogP contribution < -0.4 is 5.73 Å². The van der Waals surface area contributed by atoms with Crippen LogP contribution in [-0.2, 0) is 0 Å². The molecule has 0 spiro atoms. The second kappa shape index (κ2) is 1.97. The third-order valence-corrected chi connectivity index (χ3v) is 3.39. The van der Waals surface area contributed by atoms with Crippen LogP contribution in [0.15, 0.2) is 0 Å². The topological polar surface area (TPSA) is 26.0 Å². The van der Waals surface area contributed by atoms with E-state index in [4.69, 9.17) is 5.73 Å². The van der Waals surface area contributed by atoms with Gasteiger partial charge in [0.15, 0.2) is 0 Å². The molecule has 0 aromatic rings. The Labute approximate surface area is 63.0 Å². The van der Waals surface area contributed by atoms with E-state index in [2.05, 4.69) is 6.92 Å². The monoisotopic (exact) mass is 139 g/mol. The van der Waals surface area contributed by atoms with Gasteiger partial charge in [-0.2, -0.15) is 0 Å². The summed E-state index contributed by atoms with van der Waals surface area (Å²) < 4.78 is 0. The van der Waals surface area contributed by atoms with Crippen molar-refractivity contribution >= 4 is 0 Å². The highest BCUT2D eigenvalue weighted by molar-refractivity contribution is 4.95. The molecule has 0 radical (unpaired) electrons. The first-order valence-electron chi connectivity index (χ1n) is 4.46. The Kier molecular flexibility index (Phi) is 1.31. The van der Waals surface area contributed by atoms with Gasteiger partial charge in [-0.3, -0.25) is 0 Å². The molecule has 2 saturated carbocycles. The molecule has 0 amide bonds. The maximum Gasteiger partial charge on any atom is 0.0128 e. The van der Waals surface area contributed by atoms with Crippen molar-refractivity contribution < 1.29 is 0 Å². The first kappa shape index (κ1) is 6.66. The van der Waals surface area contributed by atoms with Crippen LogP contribution in [-0.4, -0.2) is 5.54 Å². The molecular formula is C9H17N. The molecule has 2 aliphatic carbocycles. The summed E-state index contributed by atoms with van der Waals surface area (Å²) in [6, 6.07) is 0. The van der Waals surface area contributed by atoms with E-state index in [0.717, 1.165) is 11.8 Å². The zero-order chi connectivity index (χ0) is 7.19. The summed E-state index contributed by atoms with van der Waals surface area (Å²) in [5.41, 5.74) is 6.25. The third kappa shape index (κ3) is 0.968. The van der Waals surface area contributed by atoms with E-state index in [1.54, 1.807) is 0 Å². The molecule has 0 aliphatic heterocycles. The highest BCUT2D eigenvalue weighted by Gasteiger charge is 2.39. The van der Waals surface area contributed by atoms with Crippen LogP contribution >= 0.6 is 0 Å². The summed E-state index contributed by atoms with van der Waals surface area (Å²) >= 11 is 0. The van der Waals surface area contributed by atoms with Crippen molar-refractivity contribution in [1.29, 1.82) is 0 Å². The van der Waals surface area contributed by atoms with Gasteiger partial charge in [-0.15, -0.1) is 0 Å². The molecule has 2 aliphatic rings. The quantitative estimate of drug-likeness (QED) is 0.545. The number of rotatable bonds is 0. The minimum Gasteiger partial charge on any atom is -0.325 e. The van der Waals surface area contributed by atoms with Crippen LogP contribution in [0.3, 0.4) is 0 Å². The molecule has 0 bridgehead atoms. The van der Waals surface area contributed by atoms with Gasteiger partial charge in [0.25, 0.3) is 0 Å². The van der Waals surface area contributed by atoms with Gasteiger partial charge < -0.3 is 5.73 Å². The van der Waals surface area contributed by atoms with E-state index in [-0.39, 0.29) is 5.54 Å². The molecule has 2 rings (SSSR count).